The Bertz CT molecular complexity index is 345. The lowest BCUT2D eigenvalue weighted by Gasteiger charge is -2.09. The van der Waals surface area contributed by atoms with Crippen LogP contribution < -0.4 is 11.1 Å². The standard InChI is InChI=1S/C11H16N2O/c1-7(2)13-11(14)9-4-5-10(12)8(3)6-9/h4-7H,12H2,1-3H3,(H,13,14). The van der Waals surface area contributed by atoms with Gasteiger partial charge in [-0.25, -0.2) is 0 Å². The van der Waals surface area contributed by atoms with Crippen molar-refractivity contribution in [2.45, 2.75) is 26.8 Å². The molecule has 14 heavy (non-hydrogen) atoms. The topological polar surface area (TPSA) is 55.1 Å². The number of nitrogens with one attached hydrogen (secondary N) is 1. The molecule has 1 amide bonds. The lowest BCUT2D eigenvalue weighted by molar-refractivity contribution is 0.0943. The number of aryl methyl sites for hydroxylation is 1. The number of hydrogen-bond donors (Lipinski definition) is 2. The number of nitrogens with two attached hydrogens (primary N) is 1. The molecule has 0 saturated heterocycles. The van der Waals surface area contributed by atoms with Crippen molar-refractivity contribution >= 4 is 11.6 Å². The molecule has 76 valence electrons. The highest BCUT2D eigenvalue weighted by Gasteiger charge is 2.07. The van der Waals surface area contributed by atoms with Gasteiger partial charge in [-0.05, 0) is 44.5 Å². The van der Waals surface area contributed by atoms with Gasteiger partial charge in [-0.3, -0.25) is 4.79 Å². The average molecular weight is 192 g/mol. The van der Waals surface area contributed by atoms with Crippen molar-refractivity contribution in [3.8, 4) is 0 Å². The van der Waals surface area contributed by atoms with Gasteiger partial charge in [0.2, 0.25) is 0 Å². The minimum Gasteiger partial charge on any atom is -0.399 e. The molecule has 0 heterocycles. The van der Waals surface area contributed by atoms with Crippen LogP contribution in [0.5, 0.6) is 0 Å². The largest absolute Gasteiger partial charge is 0.399 e. The second kappa shape index (κ2) is 4.13. The van der Waals surface area contributed by atoms with E-state index in [1.165, 1.54) is 0 Å². The van der Waals surface area contributed by atoms with Crippen LogP contribution in [-0.4, -0.2) is 11.9 Å². The van der Waals surface area contributed by atoms with Gasteiger partial charge >= 0.3 is 0 Å². The molecule has 1 aromatic carbocycles. The summed E-state index contributed by atoms with van der Waals surface area (Å²) < 4.78 is 0. The molecule has 0 aliphatic carbocycles. The number of rotatable bonds is 2. The molecule has 0 saturated carbocycles. The zero-order chi connectivity index (χ0) is 10.7. The van der Waals surface area contributed by atoms with Crippen LogP contribution >= 0.6 is 0 Å². The Hall–Kier alpha value is -1.51. The van der Waals surface area contributed by atoms with Crippen LogP contribution in [0, 0.1) is 6.92 Å². The van der Waals surface area contributed by atoms with Crippen molar-refractivity contribution in [3.05, 3.63) is 29.3 Å². The summed E-state index contributed by atoms with van der Waals surface area (Å²) in [6, 6.07) is 5.44. The summed E-state index contributed by atoms with van der Waals surface area (Å²) in [4.78, 5) is 11.6. The van der Waals surface area contributed by atoms with Crippen LogP contribution in [0.1, 0.15) is 29.8 Å². The van der Waals surface area contributed by atoms with Crippen molar-refractivity contribution in [2.75, 3.05) is 5.73 Å². The van der Waals surface area contributed by atoms with Gasteiger partial charge in [0, 0.05) is 17.3 Å². The fraction of sp³-hybridized carbons (Fsp3) is 0.364. The first-order valence-electron chi connectivity index (χ1n) is 4.67. The second-order valence-corrected chi connectivity index (χ2v) is 3.70. The van der Waals surface area contributed by atoms with Gasteiger partial charge in [0.15, 0.2) is 0 Å². The van der Waals surface area contributed by atoms with E-state index in [4.69, 9.17) is 5.73 Å². The molecule has 3 heteroatoms. The number of benzene rings is 1. The smallest absolute Gasteiger partial charge is 0.251 e. The Morgan fingerprint density at radius 2 is 2.07 bits per heavy atom. The molecule has 0 bridgehead atoms. The minimum absolute atomic E-state index is 0.0527. The molecule has 3 nitrogen and oxygen atoms in total. The van der Waals surface area contributed by atoms with Crippen LogP contribution in [0.15, 0.2) is 18.2 Å². The fourth-order valence-corrected chi connectivity index (χ4v) is 1.16. The van der Waals surface area contributed by atoms with Crippen LogP contribution in [0.3, 0.4) is 0 Å². The number of amides is 1. The van der Waals surface area contributed by atoms with Crippen molar-refractivity contribution < 1.29 is 4.79 Å². The Morgan fingerprint density at radius 1 is 1.43 bits per heavy atom. The third kappa shape index (κ3) is 2.49. The van der Waals surface area contributed by atoms with Crippen LogP contribution in [0.25, 0.3) is 0 Å². The third-order valence-corrected chi connectivity index (χ3v) is 1.95. The van der Waals surface area contributed by atoms with Crippen molar-refractivity contribution in [1.82, 2.24) is 5.32 Å². The minimum atomic E-state index is -0.0527. The first-order valence-corrected chi connectivity index (χ1v) is 4.67. The van der Waals surface area contributed by atoms with Crippen LogP contribution in [-0.2, 0) is 0 Å². The zero-order valence-corrected chi connectivity index (χ0v) is 8.79. The molecule has 0 radical (unpaired) electrons. The van der Waals surface area contributed by atoms with E-state index in [-0.39, 0.29) is 11.9 Å². The van der Waals surface area contributed by atoms with Crippen LogP contribution in [0.2, 0.25) is 0 Å². The second-order valence-electron chi connectivity index (χ2n) is 3.70. The Labute approximate surface area is 84.3 Å². The van der Waals surface area contributed by atoms with E-state index < -0.39 is 0 Å². The molecule has 0 aliphatic rings. The van der Waals surface area contributed by atoms with Gasteiger partial charge in [-0.1, -0.05) is 0 Å². The summed E-state index contributed by atoms with van der Waals surface area (Å²) in [5, 5.41) is 2.83. The lowest BCUT2D eigenvalue weighted by atomic mass is 10.1. The van der Waals surface area contributed by atoms with E-state index in [0.29, 0.717) is 11.3 Å². The molecule has 0 spiro atoms. The molecule has 0 atom stereocenters. The van der Waals surface area contributed by atoms with E-state index in [0.717, 1.165) is 5.56 Å². The predicted molar refractivity (Wildman–Crippen MR) is 58.2 cm³/mol. The van der Waals surface area contributed by atoms with Crippen LogP contribution in [0.4, 0.5) is 5.69 Å². The van der Waals surface area contributed by atoms with Gasteiger partial charge in [0.05, 0.1) is 0 Å². The molecule has 0 unspecified atom stereocenters. The number of nitrogen functional groups attached to an aromatic ring is 1. The van der Waals surface area contributed by atoms with Gasteiger partial charge in [0.1, 0.15) is 0 Å². The molecular weight excluding hydrogens is 176 g/mol. The molecule has 0 aromatic heterocycles. The highest BCUT2D eigenvalue weighted by atomic mass is 16.1. The Morgan fingerprint density at radius 3 is 2.57 bits per heavy atom. The maximum absolute atomic E-state index is 11.6. The van der Waals surface area contributed by atoms with Gasteiger partial charge in [0.25, 0.3) is 5.91 Å². The molecule has 3 N–H and O–H groups in total. The Balaban J connectivity index is 2.86. The molecule has 1 aromatic rings. The fourth-order valence-electron chi connectivity index (χ4n) is 1.16. The number of carbonyl (C=O) groups excluding carboxylic acids is 1. The number of hydrogen-bond acceptors (Lipinski definition) is 2. The van der Waals surface area contributed by atoms with E-state index in [1.54, 1.807) is 18.2 Å². The monoisotopic (exact) mass is 192 g/mol. The van der Waals surface area contributed by atoms with E-state index >= 15 is 0 Å². The quantitative estimate of drug-likeness (QED) is 0.701. The summed E-state index contributed by atoms with van der Waals surface area (Å²) in [6.45, 7) is 5.76. The lowest BCUT2D eigenvalue weighted by Crippen LogP contribution is -2.30. The zero-order valence-electron chi connectivity index (χ0n) is 8.79. The van der Waals surface area contributed by atoms with E-state index in [1.807, 2.05) is 20.8 Å². The summed E-state index contributed by atoms with van der Waals surface area (Å²) in [5.74, 6) is -0.0527. The first kappa shape index (κ1) is 10.6. The number of carbonyl (C=O) groups is 1. The average Bonchev–Trinajstić information content (AvgIpc) is 2.08. The molecule has 0 aliphatic heterocycles. The summed E-state index contributed by atoms with van der Waals surface area (Å²) in [5.41, 5.74) is 7.96. The van der Waals surface area contributed by atoms with Gasteiger partial charge < -0.3 is 11.1 Å². The van der Waals surface area contributed by atoms with Gasteiger partial charge in [-0.15, -0.1) is 0 Å². The van der Waals surface area contributed by atoms with Gasteiger partial charge in [-0.2, -0.15) is 0 Å². The normalized spacial score (nSPS) is 10.3. The highest BCUT2D eigenvalue weighted by Crippen LogP contribution is 2.12. The van der Waals surface area contributed by atoms with Crippen molar-refractivity contribution in [2.24, 2.45) is 0 Å². The summed E-state index contributed by atoms with van der Waals surface area (Å²) in [7, 11) is 0. The van der Waals surface area contributed by atoms with E-state index in [2.05, 4.69) is 5.32 Å². The first-order chi connectivity index (χ1) is 6.50. The van der Waals surface area contributed by atoms with Crippen molar-refractivity contribution in [1.29, 1.82) is 0 Å². The predicted octanol–water partition coefficient (Wildman–Crippen LogP) is 1.72. The summed E-state index contributed by atoms with van der Waals surface area (Å²) >= 11 is 0. The van der Waals surface area contributed by atoms with E-state index in [9.17, 15) is 4.79 Å². The highest BCUT2D eigenvalue weighted by molar-refractivity contribution is 5.94. The molecular formula is C11H16N2O. The summed E-state index contributed by atoms with van der Waals surface area (Å²) in [6.07, 6.45) is 0. The maximum atomic E-state index is 11.6. The molecule has 1 rings (SSSR count). The molecule has 0 fully saturated rings. The third-order valence-electron chi connectivity index (χ3n) is 1.95. The number of anilines is 1. The van der Waals surface area contributed by atoms with Crippen molar-refractivity contribution in [3.63, 3.8) is 0 Å². The SMILES string of the molecule is Cc1cc(C(=O)NC(C)C)ccc1N. The Kier molecular flexibility index (Phi) is 3.12. The maximum Gasteiger partial charge on any atom is 0.251 e.